The summed E-state index contributed by atoms with van der Waals surface area (Å²) in [5.41, 5.74) is 8.64. The van der Waals surface area contributed by atoms with Gasteiger partial charge >= 0.3 is 6.09 Å². The van der Waals surface area contributed by atoms with Crippen molar-refractivity contribution in [2.45, 2.75) is 64.2 Å². The summed E-state index contributed by atoms with van der Waals surface area (Å²) < 4.78 is 28.6. The predicted octanol–water partition coefficient (Wildman–Crippen LogP) is 9.02. The maximum atomic E-state index is 14.0. The first kappa shape index (κ1) is 43.3. The van der Waals surface area contributed by atoms with Gasteiger partial charge in [-0.05, 0) is 110 Å². The first-order valence-electron chi connectivity index (χ1n) is 21.4. The number of carbonyl (C=O) groups is 3. The lowest BCUT2D eigenvalue weighted by atomic mass is 9.93. The van der Waals surface area contributed by atoms with Gasteiger partial charge in [0.15, 0.2) is 17.4 Å². The molecule has 0 radical (unpaired) electrons. The molecule has 0 aliphatic carbocycles. The average molecular weight is 865 g/mol. The van der Waals surface area contributed by atoms with Gasteiger partial charge in [-0.15, -0.1) is 0 Å². The SMILES string of the molecule is C=CCOC(=C)Nc1ccc2c(c1)CN1C(=O)c3cc(C)c(OCCCCCOc4cc5c(cc4OC)C(=O)N4Cc6cc(NC(=O)OCC=C)ccc6C[C@H]4C=N5)cc3N=C[C@@H]1C2. The average Bonchev–Trinajstić information content (AvgIpc) is 3.51. The Morgan fingerprint density at radius 3 is 1.84 bits per heavy atom. The molecule has 0 saturated heterocycles. The molecule has 2 N–H and O–H groups in total. The van der Waals surface area contributed by atoms with E-state index in [-0.39, 0.29) is 30.5 Å². The van der Waals surface area contributed by atoms with E-state index in [4.69, 9.17) is 33.7 Å². The van der Waals surface area contributed by atoms with Gasteiger partial charge in [0.2, 0.25) is 0 Å². The van der Waals surface area contributed by atoms with Crippen LogP contribution >= 0.6 is 0 Å². The van der Waals surface area contributed by atoms with Gasteiger partial charge < -0.3 is 38.8 Å². The number of rotatable bonds is 17. The van der Waals surface area contributed by atoms with Crippen LogP contribution in [0, 0.1) is 6.92 Å². The molecular weight excluding hydrogens is 813 g/mol. The molecule has 2 atom stereocenters. The normalized spacial score (nSPS) is 16.6. The van der Waals surface area contributed by atoms with Crippen LogP contribution in [0.25, 0.3) is 0 Å². The first-order chi connectivity index (χ1) is 31.1. The molecule has 0 saturated carbocycles. The van der Waals surface area contributed by atoms with Crippen molar-refractivity contribution >= 4 is 53.1 Å². The Balaban J connectivity index is 0.830. The minimum absolute atomic E-state index is 0.0595. The number of carbonyl (C=O) groups excluding carboxylic acids is 3. The molecule has 8 rings (SSSR count). The highest BCUT2D eigenvalue weighted by Gasteiger charge is 2.35. The van der Waals surface area contributed by atoms with E-state index < -0.39 is 6.09 Å². The number of ether oxygens (including phenoxy) is 5. The molecule has 4 aromatic rings. The smallest absolute Gasteiger partial charge is 0.411 e. The van der Waals surface area contributed by atoms with Crippen molar-refractivity contribution in [3.05, 3.63) is 137 Å². The van der Waals surface area contributed by atoms with E-state index in [1.54, 1.807) is 30.2 Å². The number of methoxy groups -OCH3 is 1. The largest absolute Gasteiger partial charge is 0.493 e. The third kappa shape index (κ3) is 9.50. The Hall–Kier alpha value is -7.35. The van der Waals surface area contributed by atoms with E-state index >= 15 is 0 Å². The molecule has 64 heavy (non-hydrogen) atoms. The van der Waals surface area contributed by atoms with Crippen molar-refractivity contribution in [2.24, 2.45) is 9.98 Å². The number of anilines is 2. The summed E-state index contributed by atoms with van der Waals surface area (Å²) in [6.07, 6.45) is 9.93. The zero-order valence-electron chi connectivity index (χ0n) is 36.2. The van der Waals surface area contributed by atoms with E-state index in [0.29, 0.717) is 97.1 Å². The van der Waals surface area contributed by atoms with Crippen LogP contribution in [0.1, 0.15) is 67.8 Å². The fourth-order valence-corrected chi connectivity index (χ4v) is 8.33. The predicted molar refractivity (Wildman–Crippen MR) is 247 cm³/mol. The number of amides is 3. The van der Waals surface area contributed by atoms with Crippen LogP contribution in [0.5, 0.6) is 17.2 Å². The van der Waals surface area contributed by atoms with Crippen molar-refractivity contribution in [1.82, 2.24) is 9.80 Å². The molecule has 0 bridgehead atoms. The Morgan fingerprint density at radius 2 is 1.25 bits per heavy atom. The minimum Gasteiger partial charge on any atom is -0.493 e. The van der Waals surface area contributed by atoms with E-state index in [0.717, 1.165) is 47.2 Å². The van der Waals surface area contributed by atoms with Crippen LogP contribution in [0.3, 0.4) is 0 Å². The summed E-state index contributed by atoms with van der Waals surface area (Å²) in [5, 5.41) is 5.91. The molecular formula is C50H52N6O8. The van der Waals surface area contributed by atoms with Gasteiger partial charge in [0.05, 0.1) is 54.9 Å². The molecule has 0 fully saturated rings. The van der Waals surface area contributed by atoms with E-state index in [1.807, 2.05) is 66.7 Å². The highest BCUT2D eigenvalue weighted by atomic mass is 16.5. The van der Waals surface area contributed by atoms with Gasteiger partial charge in [0.25, 0.3) is 11.8 Å². The summed E-state index contributed by atoms with van der Waals surface area (Å²) in [6.45, 7) is 15.3. The number of aliphatic imine (C=N–C) groups is 2. The summed E-state index contributed by atoms with van der Waals surface area (Å²) >= 11 is 0. The number of aryl methyl sites for hydroxylation is 1. The maximum absolute atomic E-state index is 14.0. The number of nitrogens with zero attached hydrogens (tertiary/aromatic N) is 4. The number of benzene rings is 4. The lowest BCUT2D eigenvalue weighted by Crippen LogP contribution is -2.44. The van der Waals surface area contributed by atoms with Crippen molar-refractivity contribution in [2.75, 3.05) is 44.2 Å². The Morgan fingerprint density at radius 1 is 0.703 bits per heavy atom. The van der Waals surface area contributed by atoms with Crippen LogP contribution in [-0.4, -0.2) is 85.8 Å². The monoisotopic (exact) mass is 864 g/mol. The number of nitrogens with one attached hydrogen (secondary N) is 2. The number of hydrogen-bond acceptors (Lipinski definition) is 11. The van der Waals surface area contributed by atoms with Gasteiger partial charge in [-0.3, -0.25) is 24.9 Å². The van der Waals surface area contributed by atoms with Crippen molar-refractivity contribution < 1.29 is 38.1 Å². The third-order valence-electron chi connectivity index (χ3n) is 11.6. The van der Waals surface area contributed by atoms with Crippen molar-refractivity contribution in [3.63, 3.8) is 0 Å². The van der Waals surface area contributed by atoms with Crippen LogP contribution in [0.15, 0.2) is 108 Å². The molecule has 4 aromatic carbocycles. The highest BCUT2D eigenvalue weighted by molar-refractivity contribution is 6.04. The lowest BCUT2D eigenvalue weighted by molar-refractivity contribution is 0.0696. The fraction of sp³-hybridized carbons (Fsp3) is 0.300. The lowest BCUT2D eigenvalue weighted by Gasteiger charge is -2.34. The maximum Gasteiger partial charge on any atom is 0.411 e. The van der Waals surface area contributed by atoms with Gasteiger partial charge in [-0.1, -0.05) is 37.4 Å². The van der Waals surface area contributed by atoms with E-state index in [2.05, 4.69) is 36.4 Å². The van der Waals surface area contributed by atoms with Crippen LogP contribution < -0.4 is 24.8 Å². The quantitative estimate of drug-likeness (QED) is 0.0602. The van der Waals surface area contributed by atoms with Gasteiger partial charge in [0, 0.05) is 49.0 Å². The molecule has 0 aromatic heterocycles. The standard InChI is InChI=1S/C50H52N6O8/c1-6-15-61-32(4)53-37-13-11-33-22-39-27-51-43-25-45(31(3)19-41(43)48(57)55(39)29-35(33)20-37)62-17-9-8-10-18-63-47-26-44-42(24-46(47)60-5)49(58)56-30-36-21-38(54-50(59)64-16-7-2)14-12-34(36)23-40(56)28-52-44/h6-7,11-14,19-21,24-28,39-40,53H,1-2,4,8-10,15-18,22-23,29-30H2,3,5H3,(H,54,59)/t39-,40-/m0/s1. The van der Waals surface area contributed by atoms with Gasteiger partial charge in [-0.25, -0.2) is 4.79 Å². The second-order valence-electron chi connectivity index (χ2n) is 16.0. The molecule has 14 nitrogen and oxygen atoms in total. The topological polar surface area (TPSA) is 153 Å². The Labute approximate surface area is 372 Å². The highest BCUT2D eigenvalue weighted by Crippen LogP contribution is 2.39. The van der Waals surface area contributed by atoms with Gasteiger partial charge in [0.1, 0.15) is 19.0 Å². The van der Waals surface area contributed by atoms with E-state index in [1.165, 1.54) is 11.6 Å². The van der Waals surface area contributed by atoms with Crippen LogP contribution in [0.4, 0.5) is 27.5 Å². The summed E-state index contributed by atoms with van der Waals surface area (Å²) in [6, 6.07) is 18.6. The molecule has 3 amide bonds. The second kappa shape index (κ2) is 19.4. The van der Waals surface area contributed by atoms with Crippen molar-refractivity contribution in [3.8, 4) is 17.2 Å². The minimum atomic E-state index is -0.574. The van der Waals surface area contributed by atoms with Gasteiger partial charge in [-0.2, -0.15) is 0 Å². The number of fused-ring (bicyclic) bond motifs is 6. The van der Waals surface area contributed by atoms with Crippen LogP contribution in [-0.2, 0) is 35.4 Å². The Bertz CT molecular complexity index is 2570. The molecule has 330 valence electrons. The number of unbranched alkanes of at least 4 members (excludes halogenated alkanes) is 2. The zero-order chi connectivity index (χ0) is 44.7. The second-order valence-corrected chi connectivity index (χ2v) is 16.0. The number of hydrogen-bond donors (Lipinski definition) is 2. The van der Waals surface area contributed by atoms with Crippen LogP contribution in [0.2, 0.25) is 0 Å². The zero-order valence-corrected chi connectivity index (χ0v) is 36.2. The molecule has 4 aliphatic rings. The summed E-state index contributed by atoms with van der Waals surface area (Å²) in [5.74, 6) is 1.87. The molecule has 0 spiro atoms. The van der Waals surface area contributed by atoms with E-state index in [9.17, 15) is 14.4 Å². The summed E-state index contributed by atoms with van der Waals surface area (Å²) in [4.78, 5) is 53.2. The molecule has 14 heteroatoms. The molecule has 0 unspecified atom stereocenters. The fourth-order valence-electron chi connectivity index (χ4n) is 8.33. The Kier molecular flexibility index (Phi) is 13.1. The molecule has 4 aliphatic heterocycles. The molecule has 4 heterocycles. The first-order valence-corrected chi connectivity index (χ1v) is 21.4. The summed E-state index contributed by atoms with van der Waals surface area (Å²) in [7, 11) is 1.55. The third-order valence-corrected chi connectivity index (χ3v) is 11.6. The van der Waals surface area contributed by atoms with Crippen molar-refractivity contribution in [1.29, 1.82) is 0 Å².